The van der Waals surface area contributed by atoms with E-state index in [1.54, 1.807) is 6.20 Å². The Morgan fingerprint density at radius 2 is 1.93 bits per heavy atom. The lowest BCUT2D eigenvalue weighted by molar-refractivity contribution is -0.141. The molecule has 162 valence electrons. The van der Waals surface area contributed by atoms with Crippen molar-refractivity contribution in [2.24, 2.45) is 11.5 Å². The lowest BCUT2D eigenvalue weighted by Gasteiger charge is -2.20. The number of rotatable bonds is 13. The molecule has 3 amide bonds. The van der Waals surface area contributed by atoms with Crippen molar-refractivity contribution >= 4 is 23.7 Å². The number of carboxylic acids is 1. The molecular formula is C17H29N7O5. The van der Waals surface area contributed by atoms with E-state index in [0.29, 0.717) is 25.1 Å². The SMILES string of the molecule is CC(NC(=O)C(CCCCN)NC(=O)CNC(=O)C(N)Cc1cnc[nH]1)C(=O)O. The summed E-state index contributed by atoms with van der Waals surface area (Å²) < 4.78 is 0. The van der Waals surface area contributed by atoms with Gasteiger partial charge in [-0.1, -0.05) is 0 Å². The number of unbranched alkanes of at least 4 members (excludes halogenated alkanes) is 1. The van der Waals surface area contributed by atoms with Crippen molar-refractivity contribution in [3.05, 3.63) is 18.2 Å². The number of hydrogen-bond donors (Lipinski definition) is 7. The van der Waals surface area contributed by atoms with Crippen LogP contribution in [-0.4, -0.2) is 70.0 Å². The highest BCUT2D eigenvalue weighted by Gasteiger charge is 2.24. The smallest absolute Gasteiger partial charge is 0.325 e. The fourth-order valence-electron chi connectivity index (χ4n) is 2.41. The zero-order chi connectivity index (χ0) is 21.8. The van der Waals surface area contributed by atoms with Crippen molar-refractivity contribution in [1.29, 1.82) is 0 Å². The van der Waals surface area contributed by atoms with Gasteiger partial charge in [0.1, 0.15) is 12.1 Å². The third kappa shape index (κ3) is 9.17. The number of nitrogens with one attached hydrogen (secondary N) is 4. The molecule has 0 aliphatic heterocycles. The lowest BCUT2D eigenvalue weighted by atomic mass is 10.1. The first kappa shape index (κ1) is 24.0. The quantitative estimate of drug-likeness (QED) is 0.174. The summed E-state index contributed by atoms with van der Waals surface area (Å²) in [6.45, 7) is 1.38. The summed E-state index contributed by atoms with van der Waals surface area (Å²) in [5, 5.41) is 16.1. The van der Waals surface area contributed by atoms with Gasteiger partial charge in [-0.25, -0.2) is 4.98 Å². The van der Waals surface area contributed by atoms with Crippen LogP contribution < -0.4 is 27.4 Å². The van der Waals surface area contributed by atoms with Crippen LogP contribution in [-0.2, 0) is 25.6 Å². The Hall–Kier alpha value is -2.99. The molecule has 12 nitrogen and oxygen atoms in total. The minimum atomic E-state index is -1.19. The van der Waals surface area contributed by atoms with Crippen molar-refractivity contribution < 1.29 is 24.3 Å². The van der Waals surface area contributed by atoms with Crippen LogP contribution in [0.1, 0.15) is 31.9 Å². The van der Waals surface area contributed by atoms with Crippen LogP contribution in [0.3, 0.4) is 0 Å². The van der Waals surface area contributed by atoms with E-state index in [-0.39, 0.29) is 19.4 Å². The summed E-state index contributed by atoms with van der Waals surface area (Å²) >= 11 is 0. The molecular weight excluding hydrogens is 382 g/mol. The van der Waals surface area contributed by atoms with E-state index in [1.807, 2.05) is 0 Å². The van der Waals surface area contributed by atoms with Gasteiger partial charge in [0.25, 0.3) is 0 Å². The van der Waals surface area contributed by atoms with Crippen LogP contribution in [0.25, 0.3) is 0 Å². The van der Waals surface area contributed by atoms with Gasteiger partial charge in [0.05, 0.1) is 18.9 Å². The number of nitrogens with zero attached hydrogens (tertiary/aromatic N) is 1. The molecule has 0 spiro atoms. The Kier molecular flexibility index (Phi) is 10.3. The van der Waals surface area contributed by atoms with Crippen LogP contribution in [0.15, 0.2) is 12.5 Å². The van der Waals surface area contributed by atoms with Gasteiger partial charge in [-0.05, 0) is 32.7 Å². The van der Waals surface area contributed by atoms with Crippen molar-refractivity contribution in [3.8, 4) is 0 Å². The number of aromatic nitrogens is 2. The van der Waals surface area contributed by atoms with Crippen LogP contribution in [0, 0.1) is 0 Å². The molecule has 1 rings (SSSR count). The average molecular weight is 411 g/mol. The zero-order valence-electron chi connectivity index (χ0n) is 16.3. The van der Waals surface area contributed by atoms with E-state index in [2.05, 4.69) is 25.9 Å². The Labute approximate surface area is 168 Å². The largest absolute Gasteiger partial charge is 0.480 e. The Morgan fingerprint density at radius 3 is 2.52 bits per heavy atom. The standard InChI is InChI=1S/C17H29N7O5/c1-10(17(28)29)23-16(27)13(4-2-3-5-18)24-14(25)8-21-15(26)12(19)6-11-7-20-9-22-11/h7,9-10,12-13H,2-6,8,18-19H2,1H3,(H,20,22)(H,21,26)(H,23,27)(H,24,25)(H,28,29). The number of nitrogens with two attached hydrogens (primary N) is 2. The number of carbonyl (C=O) groups is 4. The van der Waals surface area contributed by atoms with Crippen LogP contribution in [0.4, 0.5) is 0 Å². The molecule has 0 bridgehead atoms. The lowest BCUT2D eigenvalue weighted by Crippen LogP contribution is -2.53. The molecule has 3 unspecified atom stereocenters. The maximum absolute atomic E-state index is 12.3. The monoisotopic (exact) mass is 411 g/mol. The topological polar surface area (TPSA) is 205 Å². The number of H-pyrrole nitrogens is 1. The molecule has 12 heteroatoms. The summed E-state index contributed by atoms with van der Waals surface area (Å²) in [6, 6.07) is -2.91. The van der Waals surface area contributed by atoms with Gasteiger partial charge in [0.15, 0.2) is 0 Å². The third-order valence-electron chi connectivity index (χ3n) is 4.08. The Bertz CT molecular complexity index is 680. The van der Waals surface area contributed by atoms with E-state index in [4.69, 9.17) is 16.6 Å². The third-order valence-corrected chi connectivity index (χ3v) is 4.08. The number of carbonyl (C=O) groups excluding carboxylic acids is 3. The molecule has 0 aromatic carbocycles. The first-order valence-corrected chi connectivity index (χ1v) is 9.27. The van der Waals surface area contributed by atoms with Crippen molar-refractivity contribution in [2.75, 3.05) is 13.1 Å². The van der Waals surface area contributed by atoms with Gasteiger partial charge in [0.2, 0.25) is 17.7 Å². The number of imidazole rings is 1. The number of amides is 3. The molecule has 0 saturated carbocycles. The number of carboxylic acid groups (broad SMARTS) is 1. The molecule has 0 saturated heterocycles. The molecule has 9 N–H and O–H groups in total. The number of aliphatic carboxylic acids is 1. The van der Waals surface area contributed by atoms with Crippen molar-refractivity contribution in [3.63, 3.8) is 0 Å². The predicted octanol–water partition coefficient (Wildman–Crippen LogP) is -2.40. The van der Waals surface area contributed by atoms with Crippen LogP contribution >= 0.6 is 0 Å². The molecule has 1 heterocycles. The van der Waals surface area contributed by atoms with E-state index in [9.17, 15) is 19.2 Å². The summed E-state index contributed by atoms with van der Waals surface area (Å²) in [5.41, 5.74) is 11.9. The van der Waals surface area contributed by atoms with Gasteiger partial charge < -0.3 is 37.5 Å². The molecule has 29 heavy (non-hydrogen) atoms. The Morgan fingerprint density at radius 1 is 1.21 bits per heavy atom. The maximum atomic E-state index is 12.3. The van der Waals surface area contributed by atoms with E-state index >= 15 is 0 Å². The normalized spacial score (nSPS) is 13.8. The molecule has 1 aromatic rings. The average Bonchev–Trinajstić information content (AvgIpc) is 3.18. The fraction of sp³-hybridized carbons (Fsp3) is 0.588. The van der Waals surface area contributed by atoms with Crippen molar-refractivity contribution in [1.82, 2.24) is 25.9 Å². The van der Waals surface area contributed by atoms with Gasteiger partial charge in [-0.15, -0.1) is 0 Å². The summed E-state index contributed by atoms with van der Waals surface area (Å²) in [4.78, 5) is 54.0. The maximum Gasteiger partial charge on any atom is 0.325 e. The summed E-state index contributed by atoms with van der Waals surface area (Å²) in [7, 11) is 0. The van der Waals surface area contributed by atoms with Gasteiger partial charge in [0, 0.05) is 18.3 Å². The molecule has 0 fully saturated rings. The first-order chi connectivity index (χ1) is 13.7. The second kappa shape index (κ2) is 12.5. The minimum absolute atomic E-state index is 0.227. The first-order valence-electron chi connectivity index (χ1n) is 9.27. The number of aromatic amines is 1. The number of hydrogen-bond acceptors (Lipinski definition) is 7. The molecule has 0 aliphatic rings. The van der Waals surface area contributed by atoms with Gasteiger partial charge in [-0.2, -0.15) is 0 Å². The molecule has 1 aromatic heterocycles. The van der Waals surface area contributed by atoms with Crippen LogP contribution in [0.5, 0.6) is 0 Å². The highest BCUT2D eigenvalue weighted by molar-refractivity contribution is 5.92. The van der Waals surface area contributed by atoms with E-state index in [0.717, 1.165) is 0 Å². The fourth-order valence-corrected chi connectivity index (χ4v) is 2.41. The highest BCUT2D eigenvalue weighted by atomic mass is 16.4. The Balaban J connectivity index is 2.53. The van der Waals surface area contributed by atoms with Gasteiger partial charge in [-0.3, -0.25) is 19.2 Å². The van der Waals surface area contributed by atoms with E-state index < -0.39 is 41.8 Å². The highest BCUT2D eigenvalue weighted by Crippen LogP contribution is 2.02. The molecule has 3 atom stereocenters. The second-order valence-electron chi connectivity index (χ2n) is 6.58. The zero-order valence-corrected chi connectivity index (χ0v) is 16.3. The summed E-state index contributed by atoms with van der Waals surface area (Å²) in [6.07, 6.45) is 4.74. The molecule has 0 radical (unpaired) electrons. The predicted molar refractivity (Wildman–Crippen MR) is 103 cm³/mol. The van der Waals surface area contributed by atoms with Crippen molar-refractivity contribution in [2.45, 2.75) is 50.7 Å². The van der Waals surface area contributed by atoms with E-state index in [1.165, 1.54) is 13.3 Å². The summed E-state index contributed by atoms with van der Waals surface area (Å²) in [5.74, 6) is -2.93. The minimum Gasteiger partial charge on any atom is -0.480 e. The van der Waals surface area contributed by atoms with Gasteiger partial charge >= 0.3 is 5.97 Å². The van der Waals surface area contributed by atoms with Crippen LogP contribution in [0.2, 0.25) is 0 Å². The molecule has 0 aliphatic carbocycles. The second-order valence-corrected chi connectivity index (χ2v) is 6.58.